The molecule has 0 radical (unpaired) electrons. The van der Waals surface area contributed by atoms with E-state index in [9.17, 15) is 4.79 Å². The lowest BCUT2D eigenvalue weighted by Crippen LogP contribution is -2.37. The summed E-state index contributed by atoms with van der Waals surface area (Å²) in [5.74, 6) is 0.317. The molecule has 0 saturated carbocycles. The van der Waals surface area contributed by atoms with Crippen LogP contribution in [0.2, 0.25) is 0 Å². The molecular formula is C18H22N2OS2. The molecule has 1 atom stereocenters. The molecule has 2 aromatic heterocycles. The van der Waals surface area contributed by atoms with Crippen molar-refractivity contribution >= 4 is 28.6 Å². The van der Waals surface area contributed by atoms with Crippen molar-refractivity contribution in [2.45, 2.75) is 38.3 Å². The summed E-state index contributed by atoms with van der Waals surface area (Å²) >= 11 is 3.60. The molecule has 1 amide bonds. The largest absolute Gasteiger partial charge is 0.338 e. The van der Waals surface area contributed by atoms with Gasteiger partial charge in [-0.3, -0.25) is 9.69 Å². The maximum absolute atomic E-state index is 12.6. The van der Waals surface area contributed by atoms with Crippen LogP contribution in [0.1, 0.15) is 41.3 Å². The van der Waals surface area contributed by atoms with Crippen LogP contribution in [-0.2, 0) is 17.8 Å². The number of fused-ring (bicyclic) bond motifs is 1. The van der Waals surface area contributed by atoms with E-state index < -0.39 is 0 Å². The molecule has 2 aliphatic rings. The molecule has 23 heavy (non-hydrogen) atoms. The average molecular weight is 347 g/mol. The average Bonchev–Trinajstić information content (AvgIpc) is 3.31. The van der Waals surface area contributed by atoms with Crippen LogP contribution in [0.15, 0.2) is 28.3 Å². The molecule has 122 valence electrons. The molecule has 2 aromatic rings. The number of nitrogens with zero attached hydrogens (tertiary/aromatic N) is 2. The lowest BCUT2D eigenvalue weighted by atomic mass is 10.1. The summed E-state index contributed by atoms with van der Waals surface area (Å²) in [6, 6.07) is 4.93. The lowest BCUT2D eigenvalue weighted by Gasteiger charge is -2.29. The van der Waals surface area contributed by atoms with E-state index in [2.05, 4.69) is 33.2 Å². The van der Waals surface area contributed by atoms with Gasteiger partial charge in [-0.2, -0.15) is 11.3 Å². The van der Waals surface area contributed by atoms with E-state index in [1.54, 1.807) is 11.3 Å². The molecule has 4 rings (SSSR count). The Labute approximate surface area is 145 Å². The Balaban J connectivity index is 1.33. The van der Waals surface area contributed by atoms with Crippen LogP contribution in [0.4, 0.5) is 0 Å². The van der Waals surface area contributed by atoms with E-state index in [1.165, 1.54) is 28.8 Å². The van der Waals surface area contributed by atoms with Crippen LogP contribution in [0.3, 0.4) is 0 Å². The maximum Gasteiger partial charge on any atom is 0.224 e. The van der Waals surface area contributed by atoms with Crippen molar-refractivity contribution in [2.75, 3.05) is 19.6 Å². The standard InChI is InChI=1S/C18H22N2OS2/c21-18(20-8-3-17-14(12-20)6-11-23-17)4-9-19-7-1-2-16(19)15-5-10-22-13-15/h5-6,10-11,13,16H,1-4,7-9,12H2. The Morgan fingerprint density at radius 1 is 1.26 bits per heavy atom. The molecule has 3 nitrogen and oxygen atoms in total. The highest BCUT2D eigenvalue weighted by Crippen LogP contribution is 2.33. The van der Waals surface area contributed by atoms with Crippen molar-refractivity contribution in [3.05, 3.63) is 44.3 Å². The van der Waals surface area contributed by atoms with E-state index in [1.807, 2.05) is 16.2 Å². The summed E-state index contributed by atoms with van der Waals surface area (Å²) in [5, 5.41) is 6.56. The zero-order valence-corrected chi connectivity index (χ0v) is 14.9. The number of amides is 1. The minimum Gasteiger partial charge on any atom is -0.338 e. The SMILES string of the molecule is O=C(CCN1CCCC1c1ccsc1)N1CCc2sccc2C1. The van der Waals surface area contributed by atoms with Crippen LogP contribution in [0, 0.1) is 0 Å². The molecule has 1 unspecified atom stereocenters. The third-order valence-electron chi connectivity index (χ3n) is 5.06. The summed E-state index contributed by atoms with van der Waals surface area (Å²) in [5.41, 5.74) is 2.78. The van der Waals surface area contributed by atoms with E-state index in [0.717, 1.165) is 32.6 Å². The molecular weight excluding hydrogens is 324 g/mol. The van der Waals surface area contributed by atoms with Crippen molar-refractivity contribution in [2.24, 2.45) is 0 Å². The molecule has 0 spiro atoms. The fourth-order valence-corrected chi connectivity index (χ4v) is 5.39. The molecule has 1 fully saturated rings. The normalized spacial score (nSPS) is 21.6. The molecule has 0 aliphatic carbocycles. The van der Waals surface area contributed by atoms with Crippen molar-refractivity contribution in [3.8, 4) is 0 Å². The van der Waals surface area contributed by atoms with Crippen molar-refractivity contribution < 1.29 is 4.79 Å². The first kappa shape index (κ1) is 15.4. The minimum atomic E-state index is 0.317. The van der Waals surface area contributed by atoms with Gasteiger partial charge in [0.25, 0.3) is 0 Å². The number of thiophene rings is 2. The van der Waals surface area contributed by atoms with Crippen LogP contribution in [0.25, 0.3) is 0 Å². The number of carbonyl (C=O) groups excluding carboxylic acids is 1. The summed E-state index contributed by atoms with van der Waals surface area (Å²) in [6.07, 6.45) is 4.16. The molecule has 5 heteroatoms. The van der Waals surface area contributed by atoms with Gasteiger partial charge in [0.15, 0.2) is 0 Å². The number of likely N-dealkylation sites (tertiary alicyclic amines) is 1. The van der Waals surface area contributed by atoms with Gasteiger partial charge in [0.1, 0.15) is 0 Å². The van der Waals surface area contributed by atoms with Crippen LogP contribution in [0.5, 0.6) is 0 Å². The Bertz CT molecular complexity index is 664. The topological polar surface area (TPSA) is 23.6 Å². The zero-order chi connectivity index (χ0) is 15.6. The zero-order valence-electron chi connectivity index (χ0n) is 13.2. The highest BCUT2D eigenvalue weighted by Gasteiger charge is 2.27. The molecule has 2 aliphatic heterocycles. The van der Waals surface area contributed by atoms with Gasteiger partial charge in [0, 0.05) is 37.0 Å². The number of rotatable bonds is 4. The molecule has 4 heterocycles. The smallest absolute Gasteiger partial charge is 0.224 e. The Hall–Kier alpha value is -1.17. The van der Waals surface area contributed by atoms with Gasteiger partial charge < -0.3 is 4.90 Å². The van der Waals surface area contributed by atoms with Gasteiger partial charge in [0.05, 0.1) is 0 Å². The first-order valence-electron chi connectivity index (χ1n) is 8.40. The summed E-state index contributed by atoms with van der Waals surface area (Å²) in [6.45, 7) is 3.72. The van der Waals surface area contributed by atoms with Gasteiger partial charge in [0.2, 0.25) is 5.91 Å². The van der Waals surface area contributed by atoms with Gasteiger partial charge in [-0.25, -0.2) is 0 Å². The predicted octanol–water partition coefficient (Wildman–Crippen LogP) is 3.92. The van der Waals surface area contributed by atoms with E-state index in [4.69, 9.17) is 0 Å². The highest BCUT2D eigenvalue weighted by atomic mass is 32.1. The number of hydrogen-bond acceptors (Lipinski definition) is 4. The van der Waals surface area contributed by atoms with Crippen molar-refractivity contribution in [1.82, 2.24) is 9.80 Å². The number of carbonyl (C=O) groups is 1. The summed E-state index contributed by atoms with van der Waals surface area (Å²) in [7, 11) is 0. The summed E-state index contributed by atoms with van der Waals surface area (Å²) < 4.78 is 0. The molecule has 0 bridgehead atoms. The molecule has 0 N–H and O–H groups in total. The third-order valence-corrected chi connectivity index (χ3v) is 6.79. The first-order chi connectivity index (χ1) is 11.3. The quantitative estimate of drug-likeness (QED) is 0.838. The fraction of sp³-hybridized carbons (Fsp3) is 0.500. The predicted molar refractivity (Wildman–Crippen MR) is 95.9 cm³/mol. The maximum atomic E-state index is 12.6. The Kier molecular flexibility index (Phi) is 4.51. The Morgan fingerprint density at radius 2 is 2.22 bits per heavy atom. The van der Waals surface area contributed by atoms with Crippen LogP contribution >= 0.6 is 22.7 Å². The summed E-state index contributed by atoms with van der Waals surface area (Å²) in [4.78, 5) is 18.6. The number of hydrogen-bond donors (Lipinski definition) is 0. The lowest BCUT2D eigenvalue weighted by molar-refractivity contribution is -0.132. The third kappa shape index (κ3) is 3.23. The monoisotopic (exact) mass is 346 g/mol. The second-order valence-corrected chi connectivity index (χ2v) is 8.22. The van der Waals surface area contributed by atoms with Gasteiger partial charge in [-0.05, 0) is 65.2 Å². The van der Waals surface area contributed by atoms with Crippen molar-refractivity contribution in [3.63, 3.8) is 0 Å². The molecule has 1 saturated heterocycles. The van der Waals surface area contributed by atoms with E-state index >= 15 is 0 Å². The van der Waals surface area contributed by atoms with Crippen LogP contribution in [-0.4, -0.2) is 35.3 Å². The first-order valence-corrected chi connectivity index (χ1v) is 10.2. The van der Waals surface area contributed by atoms with E-state index in [0.29, 0.717) is 18.4 Å². The highest BCUT2D eigenvalue weighted by molar-refractivity contribution is 7.10. The van der Waals surface area contributed by atoms with Crippen molar-refractivity contribution in [1.29, 1.82) is 0 Å². The van der Waals surface area contributed by atoms with E-state index in [-0.39, 0.29) is 0 Å². The second-order valence-electron chi connectivity index (χ2n) is 6.43. The minimum absolute atomic E-state index is 0.317. The van der Waals surface area contributed by atoms with Crippen LogP contribution < -0.4 is 0 Å². The van der Waals surface area contributed by atoms with Gasteiger partial charge in [-0.1, -0.05) is 0 Å². The van der Waals surface area contributed by atoms with Gasteiger partial charge >= 0.3 is 0 Å². The Morgan fingerprint density at radius 3 is 3.09 bits per heavy atom. The van der Waals surface area contributed by atoms with Gasteiger partial charge in [-0.15, -0.1) is 11.3 Å². The molecule has 0 aromatic carbocycles. The fourth-order valence-electron chi connectivity index (χ4n) is 3.79. The second kappa shape index (κ2) is 6.75.